The molecule has 1 aliphatic rings. The predicted molar refractivity (Wildman–Crippen MR) is 72.1 cm³/mol. The number of hydrogen-bond acceptors (Lipinski definition) is 1. The Kier molecular flexibility index (Phi) is 4.11. The highest BCUT2D eigenvalue weighted by Gasteiger charge is 2.30. The minimum atomic E-state index is -0.408. The highest BCUT2D eigenvalue weighted by Crippen LogP contribution is 2.41. The highest BCUT2D eigenvalue weighted by molar-refractivity contribution is 6.31. The zero-order valence-corrected chi connectivity index (χ0v) is 11.3. The van der Waals surface area contributed by atoms with Crippen molar-refractivity contribution in [3.63, 3.8) is 0 Å². The summed E-state index contributed by atoms with van der Waals surface area (Å²) < 4.78 is 0. The van der Waals surface area contributed by atoms with Gasteiger partial charge < -0.3 is 5.11 Å². The van der Waals surface area contributed by atoms with Crippen LogP contribution in [0.15, 0.2) is 24.3 Å². The molecule has 1 nitrogen and oxygen atoms in total. The van der Waals surface area contributed by atoms with Crippen molar-refractivity contribution < 1.29 is 5.11 Å². The molecule has 2 rings (SSSR count). The number of hydrogen-bond donors (Lipinski definition) is 1. The molecule has 94 valence electrons. The van der Waals surface area contributed by atoms with Crippen molar-refractivity contribution >= 4 is 11.6 Å². The maximum absolute atomic E-state index is 10.5. The molecule has 0 spiro atoms. The molecule has 1 aromatic rings. The largest absolute Gasteiger partial charge is 0.388 e. The van der Waals surface area contributed by atoms with E-state index < -0.39 is 6.10 Å². The average molecular weight is 253 g/mol. The molecular formula is C15H21ClO. The lowest BCUT2D eigenvalue weighted by Gasteiger charge is -2.34. The van der Waals surface area contributed by atoms with Crippen LogP contribution < -0.4 is 0 Å². The molecule has 0 aliphatic heterocycles. The van der Waals surface area contributed by atoms with E-state index in [1.807, 2.05) is 24.3 Å². The van der Waals surface area contributed by atoms with Gasteiger partial charge in [-0.2, -0.15) is 0 Å². The molecule has 1 N–H and O–H groups in total. The first-order chi connectivity index (χ1) is 8.08. The monoisotopic (exact) mass is 252 g/mol. The quantitative estimate of drug-likeness (QED) is 0.825. The SMILES string of the molecule is CC1CC(C)CC(C(O)c2ccccc2Cl)C1. The fourth-order valence-corrected chi connectivity index (χ4v) is 3.48. The molecule has 1 saturated carbocycles. The van der Waals surface area contributed by atoms with Crippen LogP contribution in [-0.2, 0) is 0 Å². The first kappa shape index (κ1) is 12.9. The fourth-order valence-electron chi connectivity index (χ4n) is 3.24. The number of rotatable bonds is 2. The third kappa shape index (κ3) is 3.02. The average Bonchev–Trinajstić information content (AvgIpc) is 2.27. The molecule has 0 amide bonds. The summed E-state index contributed by atoms with van der Waals surface area (Å²) >= 11 is 6.15. The summed E-state index contributed by atoms with van der Waals surface area (Å²) in [6.45, 7) is 4.56. The van der Waals surface area contributed by atoms with E-state index in [1.165, 1.54) is 6.42 Å². The summed E-state index contributed by atoms with van der Waals surface area (Å²) in [4.78, 5) is 0. The summed E-state index contributed by atoms with van der Waals surface area (Å²) in [5.74, 6) is 1.77. The van der Waals surface area contributed by atoms with Gasteiger partial charge in [0.05, 0.1) is 6.10 Å². The molecule has 0 bridgehead atoms. The molecule has 2 heteroatoms. The van der Waals surface area contributed by atoms with Crippen LogP contribution in [0.25, 0.3) is 0 Å². The normalized spacial score (nSPS) is 31.2. The second kappa shape index (κ2) is 5.41. The Bertz CT molecular complexity index is 367. The van der Waals surface area contributed by atoms with Crippen LogP contribution in [0.3, 0.4) is 0 Å². The van der Waals surface area contributed by atoms with Gasteiger partial charge in [-0.1, -0.05) is 43.6 Å². The first-order valence-corrected chi connectivity index (χ1v) is 6.88. The molecular weight excluding hydrogens is 232 g/mol. The smallest absolute Gasteiger partial charge is 0.0832 e. The van der Waals surface area contributed by atoms with Crippen LogP contribution in [0.1, 0.15) is 44.8 Å². The van der Waals surface area contributed by atoms with Crippen molar-refractivity contribution in [2.45, 2.75) is 39.2 Å². The van der Waals surface area contributed by atoms with Gasteiger partial charge in [0.15, 0.2) is 0 Å². The van der Waals surface area contributed by atoms with Gasteiger partial charge in [-0.25, -0.2) is 0 Å². The zero-order chi connectivity index (χ0) is 12.4. The Morgan fingerprint density at radius 2 is 1.71 bits per heavy atom. The second-order valence-electron chi connectivity index (χ2n) is 5.64. The Morgan fingerprint density at radius 3 is 2.29 bits per heavy atom. The summed E-state index contributed by atoms with van der Waals surface area (Å²) in [5.41, 5.74) is 0.889. The van der Waals surface area contributed by atoms with Crippen molar-refractivity contribution in [2.24, 2.45) is 17.8 Å². The topological polar surface area (TPSA) is 20.2 Å². The molecule has 1 fully saturated rings. The summed E-state index contributed by atoms with van der Waals surface area (Å²) in [5, 5.41) is 11.2. The van der Waals surface area contributed by atoms with Gasteiger partial charge in [0.1, 0.15) is 0 Å². The third-order valence-electron chi connectivity index (χ3n) is 3.89. The molecule has 17 heavy (non-hydrogen) atoms. The molecule has 0 heterocycles. The lowest BCUT2D eigenvalue weighted by Crippen LogP contribution is -2.24. The molecule has 0 saturated heterocycles. The van der Waals surface area contributed by atoms with Crippen molar-refractivity contribution in [2.75, 3.05) is 0 Å². The van der Waals surface area contributed by atoms with Crippen molar-refractivity contribution in [3.8, 4) is 0 Å². The van der Waals surface area contributed by atoms with E-state index in [-0.39, 0.29) is 0 Å². The van der Waals surface area contributed by atoms with Gasteiger partial charge in [-0.3, -0.25) is 0 Å². The van der Waals surface area contributed by atoms with Crippen LogP contribution in [0.2, 0.25) is 5.02 Å². The minimum Gasteiger partial charge on any atom is -0.388 e. The Hall–Kier alpha value is -0.530. The second-order valence-corrected chi connectivity index (χ2v) is 6.05. The van der Waals surface area contributed by atoms with Gasteiger partial charge in [-0.05, 0) is 48.6 Å². The molecule has 1 aliphatic carbocycles. The number of aliphatic hydroxyl groups is 1. The Balaban J connectivity index is 2.14. The van der Waals surface area contributed by atoms with Crippen molar-refractivity contribution in [1.29, 1.82) is 0 Å². The lowest BCUT2D eigenvalue weighted by molar-refractivity contribution is 0.0552. The van der Waals surface area contributed by atoms with Crippen LogP contribution in [0.5, 0.6) is 0 Å². The zero-order valence-electron chi connectivity index (χ0n) is 10.6. The standard InChI is InChI=1S/C15H21ClO/c1-10-7-11(2)9-12(8-10)15(17)13-5-3-4-6-14(13)16/h3-6,10-12,15,17H,7-9H2,1-2H3. The summed E-state index contributed by atoms with van der Waals surface area (Å²) in [6, 6.07) is 7.65. The van der Waals surface area contributed by atoms with Gasteiger partial charge in [0.2, 0.25) is 0 Å². The molecule has 0 aromatic heterocycles. The number of benzene rings is 1. The summed E-state index contributed by atoms with van der Waals surface area (Å²) in [6.07, 6.45) is 3.09. The Morgan fingerprint density at radius 1 is 1.12 bits per heavy atom. The van der Waals surface area contributed by atoms with E-state index >= 15 is 0 Å². The van der Waals surface area contributed by atoms with Crippen LogP contribution in [0, 0.1) is 17.8 Å². The van der Waals surface area contributed by atoms with E-state index in [0.717, 1.165) is 18.4 Å². The highest BCUT2D eigenvalue weighted by atomic mass is 35.5. The van der Waals surface area contributed by atoms with Gasteiger partial charge in [-0.15, -0.1) is 0 Å². The van der Waals surface area contributed by atoms with E-state index in [0.29, 0.717) is 22.8 Å². The van der Waals surface area contributed by atoms with Crippen molar-refractivity contribution in [1.82, 2.24) is 0 Å². The maximum atomic E-state index is 10.5. The molecule has 0 radical (unpaired) electrons. The minimum absolute atomic E-state index is 0.355. The number of halogens is 1. The van der Waals surface area contributed by atoms with E-state index in [4.69, 9.17) is 11.6 Å². The van der Waals surface area contributed by atoms with E-state index in [1.54, 1.807) is 0 Å². The molecule has 3 unspecified atom stereocenters. The van der Waals surface area contributed by atoms with Crippen LogP contribution >= 0.6 is 11.6 Å². The van der Waals surface area contributed by atoms with Gasteiger partial charge >= 0.3 is 0 Å². The van der Waals surface area contributed by atoms with E-state index in [9.17, 15) is 5.11 Å². The molecule has 3 atom stereocenters. The van der Waals surface area contributed by atoms with Crippen LogP contribution in [-0.4, -0.2) is 5.11 Å². The molecule has 1 aromatic carbocycles. The van der Waals surface area contributed by atoms with E-state index in [2.05, 4.69) is 13.8 Å². The van der Waals surface area contributed by atoms with Gasteiger partial charge in [0, 0.05) is 5.02 Å². The maximum Gasteiger partial charge on any atom is 0.0832 e. The summed E-state index contributed by atoms with van der Waals surface area (Å²) in [7, 11) is 0. The van der Waals surface area contributed by atoms with Crippen LogP contribution in [0.4, 0.5) is 0 Å². The Labute approximate surface area is 109 Å². The van der Waals surface area contributed by atoms with Crippen molar-refractivity contribution in [3.05, 3.63) is 34.9 Å². The lowest BCUT2D eigenvalue weighted by atomic mass is 9.73. The fraction of sp³-hybridized carbons (Fsp3) is 0.600. The third-order valence-corrected chi connectivity index (χ3v) is 4.23. The first-order valence-electron chi connectivity index (χ1n) is 6.50. The predicted octanol–water partition coefficient (Wildman–Crippen LogP) is 4.45. The van der Waals surface area contributed by atoms with Gasteiger partial charge in [0.25, 0.3) is 0 Å². The number of aliphatic hydroxyl groups excluding tert-OH is 1.